The molecule has 0 radical (unpaired) electrons. The molecule has 0 bridgehead atoms. The maximum atomic E-state index is 11.8. The van der Waals surface area contributed by atoms with E-state index in [0.717, 1.165) is 11.3 Å². The Bertz CT molecular complexity index is 515. The van der Waals surface area contributed by atoms with E-state index in [1.165, 1.54) is 0 Å². The summed E-state index contributed by atoms with van der Waals surface area (Å²) < 4.78 is 1.71. The Morgan fingerprint density at radius 1 is 1.36 bits per heavy atom. The van der Waals surface area contributed by atoms with Crippen LogP contribution in [0.25, 0.3) is 0 Å². The third-order valence-corrected chi connectivity index (χ3v) is 3.34. The molecule has 7 nitrogen and oxygen atoms in total. The summed E-state index contributed by atoms with van der Waals surface area (Å²) in [5, 5.41) is 9.60. The zero-order valence-corrected chi connectivity index (χ0v) is 14.5. The average molecular weight is 332 g/mol. The number of carbonyl (C=O) groups is 2. The molecule has 1 aromatic rings. The van der Waals surface area contributed by atoms with Crippen LogP contribution in [0.4, 0.5) is 0 Å². The minimum absolute atomic E-state index is 0. The lowest BCUT2D eigenvalue weighted by Crippen LogP contribution is -2.47. The summed E-state index contributed by atoms with van der Waals surface area (Å²) in [6, 6.07) is -0.766. The van der Waals surface area contributed by atoms with Gasteiger partial charge in [-0.2, -0.15) is 5.10 Å². The quantitative estimate of drug-likeness (QED) is 0.703. The Kier molecular flexibility index (Phi) is 8.11. The van der Waals surface area contributed by atoms with Gasteiger partial charge in [0.1, 0.15) is 0 Å². The lowest BCUT2D eigenvalue weighted by Gasteiger charge is -2.17. The van der Waals surface area contributed by atoms with Gasteiger partial charge in [0, 0.05) is 18.8 Å². The zero-order chi connectivity index (χ0) is 16.2. The number of nitrogens with one attached hydrogen (secondary N) is 2. The molecule has 1 aromatic heterocycles. The van der Waals surface area contributed by atoms with Gasteiger partial charge in [0.05, 0.1) is 24.3 Å². The van der Waals surface area contributed by atoms with Crippen molar-refractivity contribution in [2.75, 3.05) is 6.54 Å². The molecule has 0 aliphatic carbocycles. The van der Waals surface area contributed by atoms with Crippen molar-refractivity contribution >= 4 is 24.2 Å². The number of amides is 2. The molecule has 0 spiro atoms. The van der Waals surface area contributed by atoms with Crippen LogP contribution in [-0.2, 0) is 16.6 Å². The monoisotopic (exact) mass is 331 g/mol. The molecule has 0 saturated carbocycles. The summed E-state index contributed by atoms with van der Waals surface area (Å²) in [6.07, 6.45) is 1.87. The van der Waals surface area contributed by atoms with E-state index in [9.17, 15) is 9.59 Å². The second-order valence-electron chi connectivity index (χ2n) is 5.62. The Balaban J connectivity index is 0.00000441. The van der Waals surface area contributed by atoms with Crippen molar-refractivity contribution in [3.05, 3.63) is 17.5 Å². The molecule has 1 heterocycles. The number of hydrogen-bond acceptors (Lipinski definition) is 4. The first kappa shape index (κ1) is 20.4. The lowest BCUT2D eigenvalue weighted by molar-refractivity contribution is -0.127. The molecule has 1 rings (SSSR count). The topological polar surface area (TPSA) is 102 Å². The van der Waals surface area contributed by atoms with Gasteiger partial charge in [-0.1, -0.05) is 13.8 Å². The van der Waals surface area contributed by atoms with E-state index in [2.05, 4.69) is 15.7 Å². The Hall–Kier alpha value is -1.60. The summed E-state index contributed by atoms with van der Waals surface area (Å²) in [5.74, 6) is -0.537. The number of nitrogens with two attached hydrogens (primary N) is 1. The zero-order valence-electron chi connectivity index (χ0n) is 13.7. The molecule has 2 amide bonds. The van der Waals surface area contributed by atoms with E-state index >= 15 is 0 Å². The van der Waals surface area contributed by atoms with Crippen molar-refractivity contribution in [3.8, 4) is 0 Å². The van der Waals surface area contributed by atoms with Crippen LogP contribution in [0.3, 0.4) is 0 Å². The third-order valence-electron chi connectivity index (χ3n) is 3.34. The van der Waals surface area contributed by atoms with Gasteiger partial charge >= 0.3 is 0 Å². The fourth-order valence-electron chi connectivity index (χ4n) is 2.00. The minimum Gasteiger partial charge on any atom is -0.348 e. The molecule has 0 saturated heterocycles. The summed E-state index contributed by atoms with van der Waals surface area (Å²) in [5.41, 5.74) is 7.53. The molecular weight excluding hydrogens is 306 g/mol. The summed E-state index contributed by atoms with van der Waals surface area (Å²) in [4.78, 5) is 23.5. The minimum atomic E-state index is -0.601. The maximum Gasteiger partial charge on any atom is 0.239 e. The fraction of sp³-hybridized carbons (Fsp3) is 0.643. The van der Waals surface area contributed by atoms with Crippen LogP contribution in [0.1, 0.15) is 38.1 Å². The first-order valence-electron chi connectivity index (χ1n) is 7.05. The van der Waals surface area contributed by atoms with Crippen LogP contribution in [0.5, 0.6) is 0 Å². The summed E-state index contributed by atoms with van der Waals surface area (Å²) in [7, 11) is 1.83. The molecule has 1 unspecified atom stereocenters. The number of halogens is 1. The number of aromatic nitrogens is 2. The van der Waals surface area contributed by atoms with Gasteiger partial charge in [0.15, 0.2) is 0 Å². The number of aryl methyl sites for hydroxylation is 2. The van der Waals surface area contributed by atoms with Gasteiger partial charge in [-0.3, -0.25) is 14.3 Å². The average Bonchev–Trinajstić information content (AvgIpc) is 2.74. The highest BCUT2D eigenvalue weighted by Gasteiger charge is 2.19. The first-order chi connectivity index (χ1) is 9.72. The van der Waals surface area contributed by atoms with Crippen LogP contribution >= 0.6 is 12.4 Å². The molecule has 22 heavy (non-hydrogen) atoms. The van der Waals surface area contributed by atoms with E-state index in [1.54, 1.807) is 4.68 Å². The van der Waals surface area contributed by atoms with Crippen molar-refractivity contribution in [1.82, 2.24) is 20.4 Å². The number of nitrogens with zero attached hydrogens (tertiary/aromatic N) is 2. The van der Waals surface area contributed by atoms with Crippen LogP contribution < -0.4 is 16.4 Å². The van der Waals surface area contributed by atoms with Crippen LogP contribution in [0.15, 0.2) is 6.20 Å². The van der Waals surface area contributed by atoms with E-state index in [1.807, 2.05) is 40.9 Å². The van der Waals surface area contributed by atoms with Gasteiger partial charge in [-0.15, -0.1) is 12.4 Å². The van der Waals surface area contributed by atoms with E-state index < -0.39 is 6.04 Å². The van der Waals surface area contributed by atoms with Crippen molar-refractivity contribution in [2.45, 2.75) is 39.8 Å². The van der Waals surface area contributed by atoms with E-state index in [4.69, 9.17) is 5.73 Å². The Labute approximate surface area is 137 Å². The fourth-order valence-corrected chi connectivity index (χ4v) is 2.00. The summed E-state index contributed by atoms with van der Waals surface area (Å²) in [6.45, 7) is 7.41. The van der Waals surface area contributed by atoms with Gasteiger partial charge in [0.25, 0.3) is 0 Å². The van der Waals surface area contributed by atoms with Crippen LogP contribution in [0, 0.1) is 12.8 Å². The number of hydrogen-bond donors (Lipinski definition) is 3. The Morgan fingerprint density at radius 2 is 1.95 bits per heavy atom. The second-order valence-corrected chi connectivity index (χ2v) is 5.62. The molecule has 126 valence electrons. The van der Waals surface area contributed by atoms with Crippen molar-refractivity contribution < 1.29 is 9.59 Å². The summed E-state index contributed by atoms with van der Waals surface area (Å²) >= 11 is 0. The highest BCUT2D eigenvalue weighted by atomic mass is 35.5. The van der Waals surface area contributed by atoms with Crippen molar-refractivity contribution in [1.29, 1.82) is 0 Å². The first-order valence-corrected chi connectivity index (χ1v) is 7.05. The largest absolute Gasteiger partial charge is 0.348 e. The maximum absolute atomic E-state index is 11.8. The molecule has 8 heteroatoms. The molecule has 4 N–H and O–H groups in total. The predicted molar refractivity (Wildman–Crippen MR) is 87.6 cm³/mol. The second kappa shape index (κ2) is 8.75. The van der Waals surface area contributed by atoms with Gasteiger partial charge in [0.2, 0.25) is 11.8 Å². The van der Waals surface area contributed by atoms with Crippen molar-refractivity contribution in [3.63, 3.8) is 0 Å². The van der Waals surface area contributed by atoms with Gasteiger partial charge in [-0.25, -0.2) is 0 Å². The Morgan fingerprint density at radius 3 is 2.41 bits per heavy atom. The lowest BCUT2D eigenvalue weighted by atomic mass is 10.1. The molecule has 0 aliphatic heterocycles. The number of carbonyl (C=O) groups excluding carboxylic acids is 2. The smallest absolute Gasteiger partial charge is 0.239 e. The normalized spacial score (nSPS) is 13.2. The molecular formula is C14H26ClN5O2. The molecule has 2 atom stereocenters. The SMILES string of the molecule is Cc1nn(C)cc1C(C)NC(=O)CNC(=O)[C@@H](N)C(C)C.Cl. The van der Waals surface area contributed by atoms with Gasteiger partial charge < -0.3 is 16.4 Å². The van der Waals surface area contributed by atoms with Crippen LogP contribution in [-0.4, -0.2) is 34.2 Å². The molecule has 0 aliphatic rings. The van der Waals surface area contributed by atoms with Gasteiger partial charge in [-0.05, 0) is 19.8 Å². The standard InChI is InChI=1S/C14H25N5O2.ClH/c1-8(2)13(15)14(21)16-6-12(20)17-9(3)11-7-19(5)18-10(11)4;/h7-9,13H,6,15H2,1-5H3,(H,16,21)(H,17,20);1H/t9?,13-;/m0./s1. The predicted octanol–water partition coefficient (Wildman–Crippen LogP) is 0.427. The molecule has 0 aromatic carbocycles. The van der Waals surface area contributed by atoms with E-state index in [0.29, 0.717) is 0 Å². The third kappa shape index (κ3) is 5.65. The number of rotatable bonds is 6. The van der Waals surface area contributed by atoms with Crippen molar-refractivity contribution in [2.24, 2.45) is 18.7 Å². The van der Waals surface area contributed by atoms with E-state index in [-0.39, 0.29) is 42.7 Å². The highest BCUT2D eigenvalue weighted by molar-refractivity contribution is 5.87. The van der Waals surface area contributed by atoms with Crippen LogP contribution in [0.2, 0.25) is 0 Å². The molecule has 0 fully saturated rings. The highest BCUT2D eigenvalue weighted by Crippen LogP contribution is 2.14.